The van der Waals surface area contributed by atoms with E-state index >= 15 is 0 Å². The van der Waals surface area contributed by atoms with Gasteiger partial charge >= 0.3 is 5.97 Å². The molecule has 0 unspecified atom stereocenters. The predicted molar refractivity (Wildman–Crippen MR) is 101 cm³/mol. The molecule has 0 saturated carbocycles. The lowest BCUT2D eigenvalue weighted by Gasteiger charge is -2.03. The molecule has 134 valence electrons. The molecular weight excluding hydrogens is 401 g/mol. The molecule has 0 saturated heterocycles. The van der Waals surface area contributed by atoms with E-state index in [9.17, 15) is 14.9 Å². The molecule has 1 heterocycles. The number of hydrogen-bond acceptors (Lipinski definition) is 6. The van der Waals surface area contributed by atoms with Gasteiger partial charge in [0.1, 0.15) is 22.3 Å². The third kappa shape index (κ3) is 3.46. The highest BCUT2D eigenvalue weighted by Crippen LogP contribution is 2.43. The Morgan fingerprint density at radius 2 is 1.85 bits per heavy atom. The van der Waals surface area contributed by atoms with E-state index in [2.05, 4.69) is 0 Å². The molecule has 1 aromatic heterocycles. The standard InChI is InChI=1S/C17H11Cl2NO5S/c1-24-12-7-6-11-13(18)16(26-15(11)14(12)19)17(21)25-8-9-2-4-10(5-3-9)20(22)23/h2-7H,8H2,1H3. The first-order valence-electron chi connectivity index (χ1n) is 7.27. The van der Waals surface area contributed by atoms with E-state index in [0.29, 0.717) is 26.4 Å². The smallest absolute Gasteiger partial charge is 0.350 e. The number of benzene rings is 2. The van der Waals surface area contributed by atoms with Gasteiger partial charge in [0.2, 0.25) is 0 Å². The predicted octanol–water partition coefficient (Wildman–Crippen LogP) is 5.48. The lowest BCUT2D eigenvalue weighted by molar-refractivity contribution is -0.384. The van der Waals surface area contributed by atoms with Crippen molar-refractivity contribution in [3.8, 4) is 5.75 Å². The number of nitrogens with zero attached hydrogens (tertiary/aromatic N) is 1. The Kier molecular flexibility index (Phi) is 5.31. The molecule has 0 fully saturated rings. The summed E-state index contributed by atoms with van der Waals surface area (Å²) >= 11 is 13.7. The summed E-state index contributed by atoms with van der Waals surface area (Å²) < 4.78 is 11.1. The molecule has 0 atom stereocenters. The van der Waals surface area contributed by atoms with Crippen molar-refractivity contribution in [2.45, 2.75) is 6.61 Å². The number of halogens is 2. The van der Waals surface area contributed by atoms with E-state index in [1.54, 1.807) is 12.1 Å². The summed E-state index contributed by atoms with van der Waals surface area (Å²) in [6, 6.07) is 9.16. The molecule has 9 heteroatoms. The number of nitro groups is 1. The van der Waals surface area contributed by atoms with E-state index < -0.39 is 10.9 Å². The Hall–Kier alpha value is -2.35. The zero-order chi connectivity index (χ0) is 18.8. The van der Waals surface area contributed by atoms with E-state index in [1.165, 1.54) is 31.4 Å². The Morgan fingerprint density at radius 3 is 2.46 bits per heavy atom. The van der Waals surface area contributed by atoms with Gasteiger partial charge < -0.3 is 9.47 Å². The molecule has 0 bridgehead atoms. The molecule has 0 aliphatic carbocycles. The molecule has 3 aromatic rings. The van der Waals surface area contributed by atoms with Gasteiger partial charge in [-0.1, -0.05) is 23.2 Å². The highest BCUT2D eigenvalue weighted by atomic mass is 35.5. The van der Waals surface area contributed by atoms with Gasteiger partial charge in [-0.3, -0.25) is 10.1 Å². The van der Waals surface area contributed by atoms with Crippen LogP contribution < -0.4 is 4.74 Å². The average molecular weight is 412 g/mol. The van der Waals surface area contributed by atoms with Crippen LogP contribution in [0.3, 0.4) is 0 Å². The SMILES string of the molecule is COc1ccc2c(Cl)c(C(=O)OCc3ccc([N+](=O)[O-])cc3)sc2c1Cl. The van der Waals surface area contributed by atoms with Gasteiger partial charge in [0.25, 0.3) is 5.69 Å². The minimum atomic E-state index is -0.593. The minimum Gasteiger partial charge on any atom is -0.495 e. The third-order valence-electron chi connectivity index (χ3n) is 3.62. The second kappa shape index (κ2) is 7.49. The van der Waals surface area contributed by atoms with Crippen LogP contribution in [-0.2, 0) is 11.3 Å². The Balaban J connectivity index is 1.80. The molecular formula is C17H11Cl2NO5S. The fourth-order valence-electron chi connectivity index (χ4n) is 2.30. The number of carbonyl (C=O) groups excluding carboxylic acids is 1. The average Bonchev–Trinajstić information content (AvgIpc) is 2.98. The highest BCUT2D eigenvalue weighted by molar-refractivity contribution is 7.22. The maximum Gasteiger partial charge on any atom is 0.350 e. The van der Waals surface area contributed by atoms with Crippen LogP contribution in [0, 0.1) is 10.1 Å². The second-order valence-corrected chi connectivity index (χ2v) is 6.98. The normalized spacial score (nSPS) is 10.7. The highest BCUT2D eigenvalue weighted by Gasteiger charge is 2.21. The van der Waals surface area contributed by atoms with Crippen LogP contribution >= 0.6 is 34.5 Å². The van der Waals surface area contributed by atoms with Crippen LogP contribution in [0.5, 0.6) is 5.75 Å². The molecule has 0 amide bonds. The zero-order valence-electron chi connectivity index (χ0n) is 13.3. The Morgan fingerprint density at radius 1 is 1.15 bits per heavy atom. The van der Waals surface area contributed by atoms with Crippen molar-refractivity contribution >= 4 is 56.3 Å². The molecule has 0 aliphatic heterocycles. The lowest BCUT2D eigenvalue weighted by Crippen LogP contribution is -2.03. The van der Waals surface area contributed by atoms with E-state index in [4.69, 9.17) is 32.7 Å². The summed E-state index contributed by atoms with van der Waals surface area (Å²) in [4.78, 5) is 22.8. The molecule has 2 aromatic carbocycles. The van der Waals surface area contributed by atoms with Gasteiger partial charge in [-0.2, -0.15) is 0 Å². The van der Waals surface area contributed by atoms with Crippen LogP contribution in [0.4, 0.5) is 5.69 Å². The number of rotatable bonds is 5. The van der Waals surface area contributed by atoms with Crippen LogP contribution in [0.15, 0.2) is 36.4 Å². The van der Waals surface area contributed by atoms with Crippen molar-refractivity contribution in [1.82, 2.24) is 0 Å². The first-order valence-corrected chi connectivity index (χ1v) is 8.84. The molecule has 26 heavy (non-hydrogen) atoms. The van der Waals surface area contributed by atoms with Crippen LogP contribution in [0.2, 0.25) is 10.0 Å². The largest absolute Gasteiger partial charge is 0.495 e. The summed E-state index contributed by atoms with van der Waals surface area (Å²) in [6.07, 6.45) is 0. The Labute approximate surface area is 162 Å². The van der Waals surface area contributed by atoms with Crippen molar-refractivity contribution in [3.63, 3.8) is 0 Å². The lowest BCUT2D eigenvalue weighted by atomic mass is 10.2. The number of hydrogen-bond donors (Lipinski definition) is 0. The molecule has 0 N–H and O–H groups in total. The van der Waals surface area contributed by atoms with E-state index in [0.717, 1.165) is 11.3 Å². The van der Waals surface area contributed by atoms with Crippen molar-refractivity contribution in [2.24, 2.45) is 0 Å². The summed E-state index contributed by atoms with van der Waals surface area (Å²) in [7, 11) is 1.50. The monoisotopic (exact) mass is 411 g/mol. The number of methoxy groups -OCH3 is 1. The van der Waals surface area contributed by atoms with Gasteiger partial charge in [-0.15, -0.1) is 11.3 Å². The number of ether oxygens (including phenoxy) is 2. The molecule has 0 spiro atoms. The van der Waals surface area contributed by atoms with Gasteiger partial charge in [0, 0.05) is 17.5 Å². The maximum atomic E-state index is 12.4. The number of carbonyl (C=O) groups is 1. The van der Waals surface area contributed by atoms with E-state index in [1.807, 2.05) is 0 Å². The van der Waals surface area contributed by atoms with Crippen molar-refractivity contribution < 1.29 is 19.2 Å². The van der Waals surface area contributed by atoms with Crippen LogP contribution in [0.25, 0.3) is 10.1 Å². The zero-order valence-corrected chi connectivity index (χ0v) is 15.7. The van der Waals surface area contributed by atoms with E-state index in [-0.39, 0.29) is 22.2 Å². The number of non-ortho nitro benzene ring substituents is 1. The fourth-order valence-corrected chi connectivity index (χ4v) is 4.08. The molecule has 0 aliphatic rings. The number of nitro benzene ring substituents is 1. The van der Waals surface area contributed by atoms with Crippen molar-refractivity contribution in [3.05, 3.63) is 67.0 Å². The summed E-state index contributed by atoms with van der Waals surface area (Å²) in [5, 5.41) is 11.9. The summed E-state index contributed by atoms with van der Waals surface area (Å²) in [5.74, 6) is -0.104. The summed E-state index contributed by atoms with van der Waals surface area (Å²) in [6.45, 7) is -0.0293. The quantitative estimate of drug-likeness (QED) is 0.315. The third-order valence-corrected chi connectivity index (χ3v) is 5.82. The molecule has 6 nitrogen and oxygen atoms in total. The molecule has 3 rings (SSSR count). The number of esters is 1. The van der Waals surface area contributed by atoms with Gasteiger partial charge in [-0.25, -0.2) is 4.79 Å². The van der Waals surface area contributed by atoms with Gasteiger partial charge in [0.05, 0.1) is 21.8 Å². The van der Waals surface area contributed by atoms with Gasteiger partial charge in [-0.05, 0) is 29.8 Å². The minimum absolute atomic E-state index is 0.0293. The van der Waals surface area contributed by atoms with Crippen LogP contribution in [-0.4, -0.2) is 18.0 Å². The topological polar surface area (TPSA) is 78.7 Å². The number of fused-ring (bicyclic) bond motifs is 1. The fraction of sp³-hybridized carbons (Fsp3) is 0.118. The maximum absolute atomic E-state index is 12.4. The summed E-state index contributed by atoms with van der Waals surface area (Å²) in [5.41, 5.74) is 0.595. The first-order chi connectivity index (χ1) is 12.4. The van der Waals surface area contributed by atoms with Crippen molar-refractivity contribution in [2.75, 3.05) is 7.11 Å². The first kappa shape index (κ1) is 18.4. The Bertz CT molecular complexity index is 1000. The number of thiophene rings is 1. The van der Waals surface area contributed by atoms with Crippen LogP contribution in [0.1, 0.15) is 15.2 Å². The van der Waals surface area contributed by atoms with Crippen molar-refractivity contribution in [1.29, 1.82) is 0 Å². The second-order valence-electron chi connectivity index (χ2n) is 5.20. The molecule has 0 radical (unpaired) electrons. The van der Waals surface area contributed by atoms with Gasteiger partial charge in [0.15, 0.2) is 0 Å².